The van der Waals surface area contributed by atoms with E-state index < -0.39 is 22.8 Å². The van der Waals surface area contributed by atoms with Gasteiger partial charge in [-0.1, -0.05) is 60.1 Å². The zero-order chi connectivity index (χ0) is 40.8. The maximum atomic E-state index is 14.4. The Hall–Kier alpha value is -3.11. The van der Waals surface area contributed by atoms with Crippen molar-refractivity contribution in [2.24, 2.45) is 50.7 Å². The van der Waals surface area contributed by atoms with E-state index in [1.807, 2.05) is 19.2 Å². The molecule has 10 nitrogen and oxygen atoms in total. The van der Waals surface area contributed by atoms with Crippen molar-refractivity contribution < 1.29 is 24.2 Å². The quantitative estimate of drug-likeness (QED) is 0.226. The van der Waals surface area contributed by atoms with Gasteiger partial charge in [-0.3, -0.25) is 19.4 Å². The van der Waals surface area contributed by atoms with E-state index in [-0.39, 0.29) is 51.8 Å². The van der Waals surface area contributed by atoms with Gasteiger partial charge in [0.2, 0.25) is 0 Å². The van der Waals surface area contributed by atoms with E-state index in [9.17, 15) is 19.5 Å². The Balaban J connectivity index is 1.24. The first-order valence-corrected chi connectivity index (χ1v) is 21.5. The van der Waals surface area contributed by atoms with Crippen molar-refractivity contribution >= 4 is 29.3 Å². The largest absolute Gasteiger partial charge is 0.481 e. The lowest BCUT2D eigenvalue weighted by Crippen LogP contribution is -2.66. The van der Waals surface area contributed by atoms with Crippen molar-refractivity contribution in [3.05, 3.63) is 40.3 Å². The van der Waals surface area contributed by atoms with Crippen molar-refractivity contribution in [2.45, 2.75) is 145 Å². The van der Waals surface area contributed by atoms with E-state index in [0.29, 0.717) is 35.6 Å². The number of aliphatic carboxylic acids is 1. The minimum Gasteiger partial charge on any atom is -0.481 e. The third kappa shape index (κ3) is 6.03. The molecule has 0 unspecified atom stereocenters. The summed E-state index contributed by atoms with van der Waals surface area (Å²) in [6, 6.07) is 3.74. The standard InChI is InChI=1S/C45H64ClN5O5/c1-26(2)35-30(52)23-45(38-50-49-37(51(38)22-21-47-10)29-13-11-27(46)25-48-29)20-19-43(8)28(36(35)45)12-14-32-42(7)17-16-33(56-34(53)24-40(3,4)39(54)55)41(5,6)31(42)15-18-44(32,43)9/h11,13,25-26,28,31-33,47H,12,14-24H2,1-10H3,(H,54,55)/t28-,31+,32-,33+,42+,43-,44-,45-/m1/s1. The molecule has 4 saturated carbocycles. The molecule has 5 aliphatic carbocycles. The molecule has 2 heterocycles. The predicted molar refractivity (Wildman–Crippen MR) is 217 cm³/mol. The van der Waals surface area contributed by atoms with Gasteiger partial charge in [0.25, 0.3) is 0 Å². The van der Waals surface area contributed by atoms with E-state index in [0.717, 1.165) is 75.0 Å². The van der Waals surface area contributed by atoms with Crippen LogP contribution in [0, 0.1) is 50.7 Å². The van der Waals surface area contributed by atoms with Crippen LogP contribution in [0.15, 0.2) is 29.5 Å². The summed E-state index contributed by atoms with van der Waals surface area (Å²) in [6.45, 7) is 21.1. The van der Waals surface area contributed by atoms with E-state index in [1.54, 1.807) is 20.0 Å². The summed E-state index contributed by atoms with van der Waals surface area (Å²) in [6.07, 6.45) is 9.54. The first-order chi connectivity index (χ1) is 26.2. The van der Waals surface area contributed by atoms with Crippen LogP contribution in [0.5, 0.6) is 0 Å². The molecule has 8 atom stereocenters. The Kier molecular flexibility index (Phi) is 10.3. The van der Waals surface area contributed by atoms with Crippen LogP contribution in [0.25, 0.3) is 11.5 Å². The monoisotopic (exact) mass is 789 g/mol. The Bertz CT molecular complexity index is 1940. The average Bonchev–Trinajstić information content (AvgIpc) is 3.68. The van der Waals surface area contributed by atoms with Gasteiger partial charge in [-0.2, -0.15) is 0 Å². The van der Waals surface area contributed by atoms with Gasteiger partial charge in [0.1, 0.15) is 17.6 Å². The fourth-order valence-electron chi connectivity index (χ4n) is 13.5. The van der Waals surface area contributed by atoms with Crippen LogP contribution in [-0.2, 0) is 31.1 Å². The highest BCUT2D eigenvalue weighted by Gasteiger charge is 2.71. The van der Waals surface area contributed by atoms with Crippen LogP contribution in [0.3, 0.4) is 0 Å². The lowest BCUT2D eigenvalue weighted by molar-refractivity contribution is -0.232. The number of hydrogen-bond donors (Lipinski definition) is 2. The zero-order valence-corrected chi connectivity index (χ0v) is 36.1. The maximum Gasteiger partial charge on any atom is 0.309 e. The van der Waals surface area contributed by atoms with Crippen molar-refractivity contribution in [2.75, 3.05) is 13.6 Å². The Morgan fingerprint density at radius 2 is 1.73 bits per heavy atom. The number of carbonyl (C=O) groups excluding carboxylic acids is 2. The second-order valence-electron chi connectivity index (χ2n) is 20.4. The van der Waals surface area contributed by atoms with Crippen molar-refractivity contribution in [1.29, 1.82) is 0 Å². The number of rotatable bonds is 10. The maximum absolute atomic E-state index is 14.4. The fraction of sp³-hybridized carbons (Fsp3) is 0.733. The summed E-state index contributed by atoms with van der Waals surface area (Å²) < 4.78 is 8.42. The fourth-order valence-corrected chi connectivity index (χ4v) is 13.6. The third-order valence-electron chi connectivity index (χ3n) is 16.5. The topological polar surface area (TPSA) is 136 Å². The number of carboxylic acid groups (broad SMARTS) is 1. The first-order valence-electron chi connectivity index (χ1n) is 21.1. The van der Waals surface area contributed by atoms with Crippen LogP contribution in [-0.4, -0.2) is 62.3 Å². The number of hydrogen-bond acceptors (Lipinski definition) is 8. The molecule has 5 aliphatic rings. The van der Waals surface area contributed by atoms with Crippen LogP contribution in [0.2, 0.25) is 5.02 Å². The number of carboxylic acids is 1. The van der Waals surface area contributed by atoms with E-state index >= 15 is 0 Å². The molecule has 2 N–H and O–H groups in total. The van der Waals surface area contributed by atoms with Crippen molar-refractivity contribution in [1.82, 2.24) is 25.1 Å². The summed E-state index contributed by atoms with van der Waals surface area (Å²) in [5.74, 6) is 1.64. The summed E-state index contributed by atoms with van der Waals surface area (Å²) >= 11 is 6.24. The number of aromatic nitrogens is 4. The molecule has 2 aromatic rings. The number of nitrogens with one attached hydrogen (secondary N) is 1. The second-order valence-corrected chi connectivity index (χ2v) is 20.9. The molecule has 0 aliphatic heterocycles. The third-order valence-corrected chi connectivity index (χ3v) is 16.8. The number of nitrogens with zero attached hydrogens (tertiary/aromatic N) is 4. The zero-order valence-electron chi connectivity index (χ0n) is 35.4. The molecular weight excluding hydrogens is 726 g/mol. The summed E-state index contributed by atoms with van der Waals surface area (Å²) in [7, 11) is 1.95. The smallest absolute Gasteiger partial charge is 0.309 e. The molecule has 0 saturated heterocycles. The van der Waals surface area contributed by atoms with E-state index in [4.69, 9.17) is 26.5 Å². The summed E-state index contributed by atoms with van der Waals surface area (Å²) in [5, 5.41) is 23.3. The van der Waals surface area contributed by atoms with Gasteiger partial charge in [0, 0.05) is 31.1 Å². The average molecular weight is 790 g/mol. The Morgan fingerprint density at radius 3 is 2.38 bits per heavy atom. The number of halogens is 1. The molecule has 11 heteroatoms. The molecule has 0 amide bonds. The molecule has 0 spiro atoms. The molecule has 4 fully saturated rings. The minimum atomic E-state index is -1.17. The van der Waals surface area contributed by atoms with Gasteiger partial charge in [0.05, 0.1) is 22.3 Å². The molecule has 0 aromatic carbocycles. The van der Waals surface area contributed by atoms with E-state index in [2.05, 4.69) is 63.3 Å². The number of ketones is 1. The Morgan fingerprint density at radius 1 is 1.00 bits per heavy atom. The number of ether oxygens (including phenoxy) is 1. The number of allylic oxidation sites excluding steroid dienone is 2. The lowest BCUT2D eigenvalue weighted by atomic mass is 9.33. The summed E-state index contributed by atoms with van der Waals surface area (Å²) in [5.41, 5.74) is 1.20. The molecule has 2 aromatic heterocycles. The molecule has 0 bridgehead atoms. The van der Waals surface area contributed by atoms with Crippen molar-refractivity contribution in [3.63, 3.8) is 0 Å². The molecule has 306 valence electrons. The minimum absolute atomic E-state index is 0.0280. The number of pyridine rings is 1. The number of likely N-dealkylation sites (N-methyl/N-ethyl adjacent to an activating group) is 1. The molecule has 56 heavy (non-hydrogen) atoms. The predicted octanol–water partition coefficient (Wildman–Crippen LogP) is 8.86. The van der Waals surface area contributed by atoms with Gasteiger partial charge >= 0.3 is 11.9 Å². The van der Waals surface area contributed by atoms with Crippen LogP contribution >= 0.6 is 11.6 Å². The highest BCUT2D eigenvalue weighted by atomic mass is 35.5. The second kappa shape index (κ2) is 14.0. The van der Waals surface area contributed by atoms with Gasteiger partial charge in [0.15, 0.2) is 11.6 Å². The van der Waals surface area contributed by atoms with Crippen LogP contribution < -0.4 is 5.32 Å². The normalized spacial score (nSPS) is 35.1. The van der Waals surface area contributed by atoms with Gasteiger partial charge < -0.3 is 19.7 Å². The lowest BCUT2D eigenvalue weighted by Gasteiger charge is -2.72. The van der Waals surface area contributed by atoms with Gasteiger partial charge in [-0.05, 0) is 135 Å². The van der Waals surface area contributed by atoms with Crippen LogP contribution in [0.1, 0.15) is 132 Å². The highest BCUT2D eigenvalue weighted by Crippen LogP contribution is 2.76. The molecular formula is C45H64ClN5O5. The molecule has 0 radical (unpaired) electrons. The summed E-state index contributed by atoms with van der Waals surface area (Å²) in [4.78, 5) is 44.1. The molecule has 7 rings (SSSR count). The number of esters is 1. The van der Waals surface area contributed by atoms with Gasteiger partial charge in [-0.25, -0.2) is 0 Å². The van der Waals surface area contributed by atoms with Crippen LogP contribution in [0.4, 0.5) is 0 Å². The van der Waals surface area contributed by atoms with Crippen molar-refractivity contribution in [3.8, 4) is 11.5 Å². The number of fused-ring (bicyclic) bond motifs is 7. The number of Topliss-reactive ketones (excluding diaryl/α,β-unsaturated/α-hetero) is 1. The highest BCUT2D eigenvalue weighted by molar-refractivity contribution is 6.30. The first kappa shape index (κ1) is 41.1. The van der Waals surface area contributed by atoms with Gasteiger partial charge in [-0.15, -0.1) is 10.2 Å². The Labute approximate surface area is 338 Å². The van der Waals surface area contributed by atoms with E-state index in [1.165, 1.54) is 5.57 Å². The number of carbonyl (C=O) groups is 3. The SMILES string of the molecule is CNCCn1c(-c2ccc(Cl)cn2)nnc1[C@@]12CC[C@]3(C)[C@H](CC[C@@H]4[C@@]5(C)CC[C@H](OC(=O)CC(C)(C)C(=O)O)C(C)(C)[C@@H]5CC[C@]43C)C1=C(C(C)C)C(=O)C2.